The van der Waals surface area contributed by atoms with E-state index in [1.807, 2.05) is 36.1 Å². The molecular weight excluding hydrogens is 414 g/mol. The number of carbonyl (C=O) groups excluding carboxylic acids is 1. The van der Waals surface area contributed by atoms with Gasteiger partial charge in [-0.15, -0.1) is 0 Å². The number of hydrogen-bond acceptors (Lipinski definition) is 6. The molecule has 2 aliphatic heterocycles. The summed E-state index contributed by atoms with van der Waals surface area (Å²) in [7, 11) is 0. The lowest BCUT2D eigenvalue weighted by Gasteiger charge is -2.36. The van der Waals surface area contributed by atoms with Crippen molar-refractivity contribution in [3.8, 4) is 5.75 Å². The van der Waals surface area contributed by atoms with Crippen molar-refractivity contribution >= 4 is 17.5 Å². The molecule has 1 aromatic carbocycles. The first-order valence-corrected chi connectivity index (χ1v) is 12.5. The van der Waals surface area contributed by atoms with Crippen molar-refractivity contribution in [1.82, 2.24) is 14.9 Å². The number of anilines is 2. The van der Waals surface area contributed by atoms with Gasteiger partial charge in [0.2, 0.25) is 0 Å². The number of benzene rings is 1. The van der Waals surface area contributed by atoms with Crippen LogP contribution in [0, 0.1) is 6.92 Å². The summed E-state index contributed by atoms with van der Waals surface area (Å²) in [5, 5.41) is 0. The minimum Gasteiger partial charge on any atom is -0.494 e. The van der Waals surface area contributed by atoms with E-state index < -0.39 is 0 Å². The van der Waals surface area contributed by atoms with Crippen LogP contribution >= 0.6 is 0 Å². The van der Waals surface area contributed by atoms with Gasteiger partial charge in [0.1, 0.15) is 23.2 Å². The topological polar surface area (TPSA) is 61.8 Å². The van der Waals surface area contributed by atoms with Gasteiger partial charge in [-0.25, -0.2) is 9.97 Å². The summed E-state index contributed by atoms with van der Waals surface area (Å²) in [6.07, 6.45) is 7.18. The van der Waals surface area contributed by atoms with Crippen LogP contribution in [0.15, 0.2) is 30.3 Å². The molecule has 0 atom stereocenters. The molecule has 33 heavy (non-hydrogen) atoms. The molecule has 7 nitrogen and oxygen atoms in total. The highest BCUT2D eigenvalue weighted by Crippen LogP contribution is 2.24. The number of nitrogens with zero attached hydrogens (tertiary/aromatic N) is 5. The zero-order chi connectivity index (χ0) is 23.0. The first kappa shape index (κ1) is 23.3. The van der Waals surface area contributed by atoms with E-state index in [0.29, 0.717) is 13.1 Å². The molecule has 2 fully saturated rings. The number of hydrogen-bond donors (Lipinski definition) is 0. The average molecular weight is 452 g/mol. The first-order chi connectivity index (χ1) is 16.1. The molecule has 4 rings (SSSR count). The van der Waals surface area contributed by atoms with E-state index in [1.165, 1.54) is 32.1 Å². The monoisotopic (exact) mass is 451 g/mol. The Morgan fingerprint density at radius 3 is 2.15 bits per heavy atom. The van der Waals surface area contributed by atoms with Gasteiger partial charge in [-0.1, -0.05) is 19.8 Å². The number of ether oxygens (including phenoxy) is 1. The van der Waals surface area contributed by atoms with Crippen LogP contribution in [-0.2, 0) is 0 Å². The van der Waals surface area contributed by atoms with Gasteiger partial charge in [0.05, 0.1) is 6.61 Å². The summed E-state index contributed by atoms with van der Waals surface area (Å²) in [6.45, 7) is 9.95. The summed E-state index contributed by atoms with van der Waals surface area (Å²) in [5.74, 6) is 3.73. The van der Waals surface area contributed by atoms with E-state index in [1.54, 1.807) is 0 Å². The molecule has 0 spiro atoms. The number of aromatic nitrogens is 2. The Balaban J connectivity index is 1.32. The molecule has 1 aromatic heterocycles. The molecule has 7 heteroatoms. The Labute approximate surface area is 197 Å². The minimum atomic E-state index is 0.0834. The van der Waals surface area contributed by atoms with Crippen LogP contribution in [0.25, 0.3) is 0 Å². The Bertz CT molecular complexity index is 903. The Morgan fingerprint density at radius 1 is 0.879 bits per heavy atom. The number of amides is 1. The molecule has 2 saturated heterocycles. The van der Waals surface area contributed by atoms with Crippen molar-refractivity contribution in [3.05, 3.63) is 41.7 Å². The van der Waals surface area contributed by atoms with Crippen LogP contribution in [-0.4, -0.2) is 66.7 Å². The zero-order valence-electron chi connectivity index (χ0n) is 20.1. The molecule has 0 bridgehead atoms. The first-order valence-electron chi connectivity index (χ1n) is 12.5. The van der Waals surface area contributed by atoms with Crippen LogP contribution in [0.3, 0.4) is 0 Å². The molecule has 0 aliphatic carbocycles. The lowest BCUT2D eigenvalue weighted by Crippen LogP contribution is -2.49. The maximum atomic E-state index is 13.0. The Hall–Kier alpha value is -2.83. The quantitative estimate of drug-likeness (QED) is 0.558. The van der Waals surface area contributed by atoms with Crippen molar-refractivity contribution in [2.24, 2.45) is 0 Å². The number of rotatable bonds is 8. The smallest absolute Gasteiger partial charge is 0.253 e. The van der Waals surface area contributed by atoms with Crippen molar-refractivity contribution in [2.75, 3.05) is 55.7 Å². The summed E-state index contributed by atoms with van der Waals surface area (Å²) in [4.78, 5) is 29.0. The molecule has 0 radical (unpaired) electrons. The molecule has 2 aromatic rings. The second kappa shape index (κ2) is 11.3. The fraction of sp³-hybridized carbons (Fsp3) is 0.577. The molecule has 0 saturated carbocycles. The van der Waals surface area contributed by atoms with Gasteiger partial charge in [0.25, 0.3) is 5.91 Å². The van der Waals surface area contributed by atoms with Gasteiger partial charge >= 0.3 is 0 Å². The predicted octanol–water partition coefficient (Wildman–Crippen LogP) is 4.31. The third-order valence-corrected chi connectivity index (χ3v) is 6.50. The normalized spacial score (nSPS) is 16.7. The van der Waals surface area contributed by atoms with Crippen LogP contribution in [0.2, 0.25) is 0 Å². The van der Waals surface area contributed by atoms with Crippen LogP contribution < -0.4 is 14.5 Å². The van der Waals surface area contributed by atoms with E-state index in [0.717, 1.165) is 68.0 Å². The van der Waals surface area contributed by atoms with E-state index in [-0.39, 0.29) is 5.91 Å². The van der Waals surface area contributed by atoms with E-state index in [2.05, 4.69) is 27.8 Å². The van der Waals surface area contributed by atoms with Crippen LogP contribution in [0.1, 0.15) is 61.6 Å². The minimum absolute atomic E-state index is 0.0834. The average Bonchev–Trinajstić information content (AvgIpc) is 2.87. The van der Waals surface area contributed by atoms with E-state index in [9.17, 15) is 4.79 Å². The summed E-state index contributed by atoms with van der Waals surface area (Å²) in [5.41, 5.74) is 0.717. The lowest BCUT2D eigenvalue weighted by molar-refractivity contribution is 0.0746. The molecular formula is C26H37N5O2. The standard InChI is InChI=1S/C26H37N5O2/c1-3-4-8-19-33-23-11-9-22(10-12-23)26(32)31-17-15-30(16-18-31)25-20-24(27-21(2)28-25)29-13-6-5-7-14-29/h9-12,20H,3-8,13-19H2,1-2H3. The van der Waals surface area contributed by atoms with Gasteiger partial charge in [-0.2, -0.15) is 0 Å². The predicted molar refractivity (Wildman–Crippen MR) is 132 cm³/mol. The highest BCUT2D eigenvalue weighted by Gasteiger charge is 2.24. The number of unbranched alkanes of at least 4 members (excludes halogenated alkanes) is 2. The van der Waals surface area contributed by atoms with Crippen molar-refractivity contribution in [1.29, 1.82) is 0 Å². The summed E-state index contributed by atoms with van der Waals surface area (Å²) < 4.78 is 5.77. The van der Waals surface area contributed by atoms with Crippen molar-refractivity contribution in [3.63, 3.8) is 0 Å². The Morgan fingerprint density at radius 2 is 1.52 bits per heavy atom. The van der Waals surface area contributed by atoms with E-state index in [4.69, 9.17) is 9.72 Å². The molecule has 178 valence electrons. The fourth-order valence-corrected chi connectivity index (χ4v) is 4.54. The van der Waals surface area contributed by atoms with Gasteiger partial charge in [0, 0.05) is 50.9 Å². The third kappa shape index (κ3) is 6.15. The third-order valence-electron chi connectivity index (χ3n) is 6.50. The van der Waals surface area contributed by atoms with Gasteiger partial charge in [0.15, 0.2) is 0 Å². The van der Waals surface area contributed by atoms with Crippen LogP contribution in [0.5, 0.6) is 5.75 Å². The number of carbonyl (C=O) groups is 1. The lowest BCUT2D eigenvalue weighted by atomic mass is 10.1. The van der Waals surface area contributed by atoms with Gasteiger partial charge < -0.3 is 19.4 Å². The molecule has 2 aliphatic rings. The zero-order valence-corrected chi connectivity index (χ0v) is 20.1. The maximum absolute atomic E-state index is 13.0. The highest BCUT2D eigenvalue weighted by atomic mass is 16.5. The molecule has 0 N–H and O–H groups in total. The molecule has 3 heterocycles. The maximum Gasteiger partial charge on any atom is 0.253 e. The van der Waals surface area contributed by atoms with Gasteiger partial charge in [-0.05, 0) is 56.9 Å². The van der Waals surface area contributed by atoms with Crippen molar-refractivity contribution in [2.45, 2.75) is 52.4 Å². The Kier molecular flexibility index (Phi) is 8.02. The molecule has 1 amide bonds. The van der Waals surface area contributed by atoms with E-state index >= 15 is 0 Å². The SMILES string of the molecule is CCCCCOc1ccc(C(=O)N2CCN(c3cc(N4CCCCC4)nc(C)n3)CC2)cc1. The number of aryl methyl sites for hydroxylation is 1. The highest BCUT2D eigenvalue weighted by molar-refractivity contribution is 5.94. The number of piperidine rings is 1. The fourth-order valence-electron chi connectivity index (χ4n) is 4.54. The molecule has 0 unspecified atom stereocenters. The van der Waals surface area contributed by atoms with Gasteiger partial charge in [-0.3, -0.25) is 4.79 Å². The van der Waals surface area contributed by atoms with Crippen LogP contribution in [0.4, 0.5) is 11.6 Å². The summed E-state index contributed by atoms with van der Waals surface area (Å²) >= 11 is 0. The number of piperazine rings is 1. The largest absolute Gasteiger partial charge is 0.494 e. The summed E-state index contributed by atoms with van der Waals surface area (Å²) in [6, 6.07) is 9.68. The second-order valence-electron chi connectivity index (χ2n) is 9.04. The second-order valence-corrected chi connectivity index (χ2v) is 9.04. The van der Waals surface area contributed by atoms with Crippen molar-refractivity contribution < 1.29 is 9.53 Å².